The van der Waals surface area contributed by atoms with Crippen molar-refractivity contribution in [2.24, 2.45) is 4.99 Å². The van der Waals surface area contributed by atoms with Crippen molar-refractivity contribution in [3.8, 4) is 0 Å². The zero-order valence-electron chi connectivity index (χ0n) is 17.8. The Balaban J connectivity index is 1.86. The third-order valence-electron chi connectivity index (χ3n) is 5.27. The minimum atomic E-state index is -0.630. The molecule has 31 heavy (non-hydrogen) atoms. The Kier molecular flexibility index (Phi) is 5.51. The highest BCUT2D eigenvalue weighted by molar-refractivity contribution is 6.11. The van der Waals surface area contributed by atoms with Crippen molar-refractivity contribution in [2.45, 2.75) is 20.8 Å². The van der Waals surface area contributed by atoms with Crippen molar-refractivity contribution < 1.29 is 13.2 Å². The van der Waals surface area contributed by atoms with Gasteiger partial charge in [-0.15, -0.1) is 0 Å². The van der Waals surface area contributed by atoms with Crippen molar-refractivity contribution in [3.05, 3.63) is 88.6 Å². The molecule has 4 rings (SSSR count). The maximum atomic E-state index is 14.3. The first-order valence-corrected chi connectivity index (χ1v) is 9.95. The summed E-state index contributed by atoms with van der Waals surface area (Å²) in [5.74, 6) is -1.24. The number of halogens is 2. The number of hydrogen-bond acceptors (Lipinski definition) is 3. The van der Waals surface area contributed by atoms with Crippen molar-refractivity contribution >= 4 is 39.4 Å². The van der Waals surface area contributed by atoms with E-state index in [0.717, 1.165) is 44.8 Å². The molecule has 0 bridgehead atoms. The highest BCUT2D eigenvalue weighted by Crippen LogP contribution is 2.35. The zero-order valence-corrected chi connectivity index (χ0v) is 17.8. The highest BCUT2D eigenvalue weighted by atomic mass is 19.1. The van der Waals surface area contributed by atoms with Crippen molar-refractivity contribution in [3.63, 3.8) is 0 Å². The van der Waals surface area contributed by atoms with Gasteiger partial charge in [0, 0.05) is 52.5 Å². The smallest absolute Gasteiger partial charge is 0.227 e. The van der Waals surface area contributed by atoms with Gasteiger partial charge in [0.2, 0.25) is 5.71 Å². The van der Waals surface area contributed by atoms with Crippen LogP contribution in [0.2, 0.25) is 0 Å². The summed E-state index contributed by atoms with van der Waals surface area (Å²) in [6.45, 7) is 5.93. The van der Waals surface area contributed by atoms with Crippen LogP contribution in [0, 0.1) is 25.5 Å². The molecule has 0 aliphatic rings. The van der Waals surface area contributed by atoms with Crippen LogP contribution in [0.25, 0.3) is 33.2 Å². The summed E-state index contributed by atoms with van der Waals surface area (Å²) in [6.07, 6.45) is 5.23. The second-order valence-corrected chi connectivity index (χ2v) is 7.52. The topological polar surface area (TPSA) is 38.4 Å². The summed E-state index contributed by atoms with van der Waals surface area (Å²) in [4.78, 5) is 8.53. The second kappa shape index (κ2) is 8.26. The van der Waals surface area contributed by atoms with Gasteiger partial charge >= 0.3 is 0 Å². The van der Waals surface area contributed by atoms with Gasteiger partial charge in [0.25, 0.3) is 0 Å². The number of rotatable bonds is 4. The maximum Gasteiger partial charge on any atom is 0.227 e. The van der Waals surface area contributed by atoms with Gasteiger partial charge in [-0.2, -0.15) is 0 Å². The molecule has 2 heterocycles. The molecule has 156 valence electrons. The molecule has 0 amide bonds. The van der Waals surface area contributed by atoms with E-state index in [1.54, 1.807) is 19.3 Å². The van der Waals surface area contributed by atoms with Gasteiger partial charge in [0.15, 0.2) is 0 Å². The maximum absolute atomic E-state index is 14.3. The molecule has 0 aliphatic heterocycles. The van der Waals surface area contributed by atoms with Crippen LogP contribution in [0.4, 0.5) is 8.78 Å². The van der Waals surface area contributed by atoms with Crippen LogP contribution in [0.5, 0.6) is 0 Å². The van der Waals surface area contributed by atoms with Crippen LogP contribution < -0.4 is 0 Å². The fourth-order valence-corrected chi connectivity index (χ4v) is 3.76. The van der Waals surface area contributed by atoms with Crippen LogP contribution in [-0.4, -0.2) is 18.2 Å². The van der Waals surface area contributed by atoms with E-state index in [1.165, 1.54) is 12.1 Å². The lowest BCUT2D eigenvalue weighted by Crippen LogP contribution is -1.93. The minimum Gasteiger partial charge on any atom is -0.437 e. The Morgan fingerprint density at radius 1 is 1.00 bits per heavy atom. The molecule has 0 aliphatic carbocycles. The van der Waals surface area contributed by atoms with Gasteiger partial charge < -0.3 is 4.42 Å². The Morgan fingerprint density at radius 2 is 1.77 bits per heavy atom. The zero-order chi connectivity index (χ0) is 22.1. The molecule has 5 heteroatoms. The Morgan fingerprint density at radius 3 is 2.52 bits per heavy atom. The van der Waals surface area contributed by atoms with E-state index in [-0.39, 0.29) is 5.56 Å². The van der Waals surface area contributed by atoms with Crippen LogP contribution in [0.1, 0.15) is 29.3 Å². The van der Waals surface area contributed by atoms with Crippen LogP contribution >= 0.6 is 0 Å². The minimum absolute atomic E-state index is 0.286. The summed E-state index contributed by atoms with van der Waals surface area (Å²) in [6, 6.07) is 11.6. The molecule has 0 saturated heterocycles. The quantitative estimate of drug-likeness (QED) is 0.264. The number of nitrogens with zero attached hydrogens (tertiary/aromatic N) is 2. The molecule has 0 saturated carbocycles. The summed E-state index contributed by atoms with van der Waals surface area (Å²) in [7, 11) is 1.61. The van der Waals surface area contributed by atoms with Crippen molar-refractivity contribution in [1.29, 1.82) is 0 Å². The summed E-state index contributed by atoms with van der Waals surface area (Å²) < 4.78 is 33.8. The first-order valence-electron chi connectivity index (χ1n) is 9.95. The lowest BCUT2D eigenvalue weighted by Gasteiger charge is -2.07. The molecule has 0 fully saturated rings. The van der Waals surface area contributed by atoms with E-state index in [9.17, 15) is 8.78 Å². The predicted octanol–water partition coefficient (Wildman–Crippen LogP) is 7.06. The summed E-state index contributed by atoms with van der Waals surface area (Å²) >= 11 is 0. The standard InChI is InChI=1S/C26H22F2N2O/c1-15(5-8-18(14-29-4)20-12-9-19(27)13-23(20)28)24-16(2)6-10-21-22-11-7-17(3)30-26(22)31-25(21)24/h5-14H,1-4H3/b15-5+,18-8+,29-14?. The van der Waals surface area contributed by atoms with Crippen LogP contribution in [-0.2, 0) is 0 Å². The number of aryl methyl sites for hydroxylation is 2. The molecule has 0 radical (unpaired) electrons. The van der Waals surface area contributed by atoms with E-state index in [4.69, 9.17) is 4.42 Å². The Hall–Kier alpha value is -3.60. The average Bonchev–Trinajstić information content (AvgIpc) is 3.08. The monoisotopic (exact) mass is 416 g/mol. The largest absolute Gasteiger partial charge is 0.437 e. The number of benzene rings is 2. The fraction of sp³-hybridized carbons (Fsp3) is 0.154. The molecule has 0 N–H and O–H groups in total. The third kappa shape index (κ3) is 3.91. The summed E-state index contributed by atoms with van der Waals surface area (Å²) in [5.41, 5.74) is 6.08. The predicted molar refractivity (Wildman–Crippen MR) is 123 cm³/mol. The highest BCUT2D eigenvalue weighted by Gasteiger charge is 2.15. The molecular formula is C26H22F2N2O. The number of hydrogen-bond donors (Lipinski definition) is 0. The summed E-state index contributed by atoms with van der Waals surface area (Å²) in [5, 5.41) is 1.97. The number of furan rings is 1. The Bertz CT molecular complexity index is 1390. The Labute approximate surface area is 179 Å². The lowest BCUT2D eigenvalue weighted by molar-refractivity contribution is 0.581. The number of fused-ring (bicyclic) bond motifs is 3. The molecule has 4 aromatic rings. The van der Waals surface area contributed by atoms with Crippen LogP contribution in [0.15, 0.2) is 64.0 Å². The van der Waals surface area contributed by atoms with Gasteiger partial charge in [0.1, 0.15) is 17.2 Å². The van der Waals surface area contributed by atoms with E-state index in [0.29, 0.717) is 11.3 Å². The number of allylic oxidation sites excluding steroid dienone is 4. The second-order valence-electron chi connectivity index (χ2n) is 7.52. The van der Waals surface area contributed by atoms with E-state index in [1.807, 2.05) is 45.0 Å². The third-order valence-corrected chi connectivity index (χ3v) is 5.27. The molecular weight excluding hydrogens is 394 g/mol. The average molecular weight is 416 g/mol. The van der Waals surface area contributed by atoms with Crippen molar-refractivity contribution in [1.82, 2.24) is 4.98 Å². The molecule has 2 aromatic heterocycles. The van der Waals surface area contributed by atoms with Gasteiger partial charge in [-0.1, -0.05) is 24.3 Å². The van der Waals surface area contributed by atoms with E-state index >= 15 is 0 Å². The molecule has 3 nitrogen and oxygen atoms in total. The molecule has 2 aromatic carbocycles. The van der Waals surface area contributed by atoms with Gasteiger partial charge in [-0.05, 0) is 56.2 Å². The van der Waals surface area contributed by atoms with Crippen molar-refractivity contribution in [2.75, 3.05) is 7.05 Å². The first-order chi connectivity index (χ1) is 14.9. The normalized spacial score (nSPS) is 13.1. The lowest BCUT2D eigenvalue weighted by atomic mass is 9.97. The van der Waals surface area contributed by atoms with E-state index in [2.05, 4.69) is 16.0 Å². The first kappa shape index (κ1) is 20.7. The van der Waals surface area contributed by atoms with Gasteiger partial charge in [0.05, 0.1) is 0 Å². The van der Waals surface area contributed by atoms with Gasteiger partial charge in [-0.3, -0.25) is 4.99 Å². The number of aromatic nitrogens is 1. The fourth-order valence-electron chi connectivity index (χ4n) is 3.76. The molecule has 0 unspecified atom stereocenters. The molecule has 0 atom stereocenters. The van der Waals surface area contributed by atoms with E-state index < -0.39 is 11.6 Å². The number of aliphatic imine (C=N–C) groups is 1. The SMILES string of the molecule is CN=C/C(=C\C=C(/C)c1c(C)ccc2c1oc1nc(C)ccc12)c1ccc(F)cc1F. The van der Waals surface area contributed by atoms with Crippen LogP contribution in [0.3, 0.4) is 0 Å². The number of pyridine rings is 1. The van der Waals surface area contributed by atoms with Gasteiger partial charge in [-0.25, -0.2) is 13.8 Å². The molecule has 0 spiro atoms.